The van der Waals surface area contributed by atoms with Gasteiger partial charge in [-0.15, -0.1) is 5.92 Å². The quantitative estimate of drug-likeness (QED) is 0.471. The molecule has 0 radical (unpaired) electrons. The summed E-state index contributed by atoms with van der Waals surface area (Å²) in [7, 11) is 0. The summed E-state index contributed by atoms with van der Waals surface area (Å²) >= 11 is 0. The Balaban J connectivity index is 1.95. The third kappa shape index (κ3) is 8.32. The molecule has 19 heavy (non-hydrogen) atoms. The minimum absolute atomic E-state index is 0.640. The van der Waals surface area contributed by atoms with E-state index in [1.54, 1.807) is 0 Å². The Morgan fingerprint density at radius 2 is 1.42 bits per heavy atom. The summed E-state index contributed by atoms with van der Waals surface area (Å²) in [5.74, 6) is 6.33. The van der Waals surface area contributed by atoms with Gasteiger partial charge in [0, 0.05) is 6.42 Å². The van der Waals surface area contributed by atoms with Crippen LogP contribution in [0.4, 0.5) is 0 Å². The van der Waals surface area contributed by atoms with E-state index in [0.29, 0.717) is 0 Å². The summed E-state index contributed by atoms with van der Waals surface area (Å²) in [4.78, 5) is 0. The van der Waals surface area contributed by atoms with Crippen LogP contribution in [0.2, 0.25) is 0 Å². The fraction of sp³-hybridized carbons (Fsp3) is 0.889. The van der Waals surface area contributed by atoms with E-state index < -0.39 is 5.60 Å². The number of rotatable bonds is 8. The molecule has 110 valence electrons. The molecule has 1 fully saturated rings. The molecule has 0 heterocycles. The molecule has 0 unspecified atom stereocenters. The maximum Gasteiger partial charge on any atom is 0.125 e. The number of hydrogen-bond donors (Lipinski definition) is 1. The van der Waals surface area contributed by atoms with E-state index in [-0.39, 0.29) is 0 Å². The van der Waals surface area contributed by atoms with Crippen molar-refractivity contribution in [2.45, 2.75) is 102 Å². The molecule has 0 aromatic carbocycles. The maximum atomic E-state index is 10.2. The summed E-state index contributed by atoms with van der Waals surface area (Å²) in [6.45, 7) is 2.26. The molecule has 0 aromatic rings. The van der Waals surface area contributed by atoms with Gasteiger partial charge in [0.05, 0.1) is 0 Å². The fourth-order valence-electron chi connectivity index (χ4n) is 2.84. The number of hydrogen-bond acceptors (Lipinski definition) is 1. The monoisotopic (exact) mass is 264 g/mol. The Kier molecular flexibility index (Phi) is 9.01. The highest BCUT2D eigenvalue weighted by atomic mass is 16.3. The van der Waals surface area contributed by atoms with Gasteiger partial charge >= 0.3 is 0 Å². The largest absolute Gasteiger partial charge is 0.378 e. The van der Waals surface area contributed by atoms with Gasteiger partial charge in [-0.1, -0.05) is 64.2 Å². The van der Waals surface area contributed by atoms with Crippen molar-refractivity contribution in [1.82, 2.24) is 0 Å². The minimum Gasteiger partial charge on any atom is -0.378 e. The lowest BCUT2D eigenvalue weighted by molar-refractivity contribution is 0.0609. The SMILES string of the molecule is CCCCCCCCCCC#CC1(O)CCCCC1. The molecule has 1 heteroatoms. The molecular weight excluding hydrogens is 232 g/mol. The van der Waals surface area contributed by atoms with Crippen LogP contribution in [0.3, 0.4) is 0 Å². The van der Waals surface area contributed by atoms with Crippen LogP contribution < -0.4 is 0 Å². The molecule has 1 saturated carbocycles. The molecule has 1 nitrogen and oxygen atoms in total. The third-order valence-electron chi connectivity index (χ3n) is 4.16. The van der Waals surface area contributed by atoms with Crippen molar-refractivity contribution in [2.24, 2.45) is 0 Å². The van der Waals surface area contributed by atoms with Crippen molar-refractivity contribution in [2.75, 3.05) is 0 Å². The highest BCUT2D eigenvalue weighted by molar-refractivity contribution is 5.14. The Morgan fingerprint density at radius 3 is 2.05 bits per heavy atom. The summed E-state index contributed by atoms with van der Waals surface area (Å²) in [6.07, 6.45) is 17.1. The lowest BCUT2D eigenvalue weighted by Gasteiger charge is -2.26. The van der Waals surface area contributed by atoms with Gasteiger partial charge in [0.25, 0.3) is 0 Å². The second kappa shape index (κ2) is 10.3. The van der Waals surface area contributed by atoms with Crippen molar-refractivity contribution in [1.29, 1.82) is 0 Å². The van der Waals surface area contributed by atoms with Crippen LogP contribution in [-0.4, -0.2) is 10.7 Å². The van der Waals surface area contributed by atoms with E-state index in [0.717, 1.165) is 32.1 Å². The van der Waals surface area contributed by atoms with E-state index in [2.05, 4.69) is 18.8 Å². The van der Waals surface area contributed by atoms with Gasteiger partial charge in [-0.25, -0.2) is 0 Å². The fourth-order valence-corrected chi connectivity index (χ4v) is 2.84. The maximum absolute atomic E-state index is 10.2. The average Bonchev–Trinajstić information content (AvgIpc) is 2.42. The van der Waals surface area contributed by atoms with Gasteiger partial charge in [-0.05, 0) is 32.1 Å². The minimum atomic E-state index is -0.640. The van der Waals surface area contributed by atoms with Gasteiger partial charge in [-0.3, -0.25) is 0 Å². The zero-order valence-corrected chi connectivity index (χ0v) is 12.8. The van der Waals surface area contributed by atoms with Crippen LogP contribution in [0, 0.1) is 11.8 Å². The standard InChI is InChI=1S/C18H32O/c1-2-3-4-5-6-7-8-9-10-12-15-18(19)16-13-11-14-17-18/h19H,2-11,13-14,16-17H2,1H3. The van der Waals surface area contributed by atoms with Gasteiger partial charge < -0.3 is 5.11 Å². The average molecular weight is 264 g/mol. The first-order valence-electron chi connectivity index (χ1n) is 8.49. The molecule has 1 aliphatic rings. The summed E-state index contributed by atoms with van der Waals surface area (Å²) in [5, 5.41) is 10.2. The molecule has 0 saturated heterocycles. The molecule has 1 rings (SSSR count). The van der Waals surface area contributed by atoms with E-state index in [1.807, 2.05) is 0 Å². The topological polar surface area (TPSA) is 20.2 Å². The Bertz CT molecular complexity index is 265. The first-order valence-corrected chi connectivity index (χ1v) is 8.49. The van der Waals surface area contributed by atoms with Gasteiger partial charge in [0.15, 0.2) is 0 Å². The highest BCUT2D eigenvalue weighted by Gasteiger charge is 2.26. The molecule has 0 amide bonds. The Hall–Kier alpha value is -0.480. The van der Waals surface area contributed by atoms with Gasteiger partial charge in [0.2, 0.25) is 0 Å². The van der Waals surface area contributed by atoms with Gasteiger partial charge in [0.1, 0.15) is 5.60 Å². The molecule has 1 aliphatic carbocycles. The highest BCUT2D eigenvalue weighted by Crippen LogP contribution is 2.27. The van der Waals surface area contributed by atoms with E-state index >= 15 is 0 Å². The van der Waals surface area contributed by atoms with E-state index in [9.17, 15) is 5.11 Å². The zero-order chi connectivity index (χ0) is 13.8. The molecule has 0 atom stereocenters. The molecule has 0 aromatic heterocycles. The van der Waals surface area contributed by atoms with Crippen LogP contribution in [0.1, 0.15) is 96.8 Å². The molecule has 0 aliphatic heterocycles. The lowest BCUT2D eigenvalue weighted by atomic mass is 9.85. The van der Waals surface area contributed by atoms with Crippen LogP contribution in [0.15, 0.2) is 0 Å². The van der Waals surface area contributed by atoms with Crippen molar-refractivity contribution in [3.8, 4) is 11.8 Å². The van der Waals surface area contributed by atoms with Crippen molar-refractivity contribution < 1.29 is 5.11 Å². The summed E-state index contributed by atoms with van der Waals surface area (Å²) in [5.41, 5.74) is -0.640. The smallest absolute Gasteiger partial charge is 0.125 e. The first-order chi connectivity index (χ1) is 9.27. The van der Waals surface area contributed by atoms with Crippen LogP contribution in [0.25, 0.3) is 0 Å². The zero-order valence-electron chi connectivity index (χ0n) is 12.8. The van der Waals surface area contributed by atoms with Crippen molar-refractivity contribution >= 4 is 0 Å². The first kappa shape index (κ1) is 16.6. The Morgan fingerprint density at radius 1 is 0.842 bits per heavy atom. The van der Waals surface area contributed by atoms with Crippen LogP contribution in [-0.2, 0) is 0 Å². The molecule has 0 bridgehead atoms. The third-order valence-corrected chi connectivity index (χ3v) is 4.16. The predicted octanol–water partition coefficient (Wildman–Crippen LogP) is 5.22. The van der Waals surface area contributed by atoms with Crippen molar-refractivity contribution in [3.05, 3.63) is 0 Å². The summed E-state index contributed by atoms with van der Waals surface area (Å²) < 4.78 is 0. The summed E-state index contributed by atoms with van der Waals surface area (Å²) in [6, 6.07) is 0. The molecule has 0 spiro atoms. The normalized spacial score (nSPS) is 17.8. The molecule has 1 N–H and O–H groups in total. The molecular formula is C18H32O. The second-order valence-electron chi connectivity index (χ2n) is 6.12. The van der Waals surface area contributed by atoms with E-state index in [4.69, 9.17) is 0 Å². The second-order valence-corrected chi connectivity index (χ2v) is 6.12. The van der Waals surface area contributed by atoms with Crippen LogP contribution >= 0.6 is 0 Å². The number of aliphatic hydroxyl groups is 1. The van der Waals surface area contributed by atoms with E-state index in [1.165, 1.54) is 57.8 Å². The predicted molar refractivity (Wildman–Crippen MR) is 83.0 cm³/mol. The lowest BCUT2D eigenvalue weighted by Crippen LogP contribution is -2.29. The van der Waals surface area contributed by atoms with Crippen molar-refractivity contribution in [3.63, 3.8) is 0 Å². The van der Waals surface area contributed by atoms with Gasteiger partial charge in [-0.2, -0.15) is 0 Å². The number of unbranched alkanes of at least 4 members (excludes halogenated alkanes) is 8. The Labute approximate surface area is 120 Å². The van der Waals surface area contributed by atoms with Crippen LogP contribution in [0.5, 0.6) is 0 Å².